The van der Waals surface area contributed by atoms with Crippen LogP contribution in [0.3, 0.4) is 0 Å². The fourth-order valence-corrected chi connectivity index (χ4v) is 4.75. The molecule has 8 nitrogen and oxygen atoms in total. The number of piperazine rings is 1. The number of sulfonamides is 1. The van der Waals surface area contributed by atoms with E-state index in [9.17, 15) is 8.42 Å². The van der Waals surface area contributed by atoms with Gasteiger partial charge in [0, 0.05) is 37.3 Å². The van der Waals surface area contributed by atoms with Crippen LogP contribution in [0.15, 0.2) is 41.4 Å². The Morgan fingerprint density at radius 3 is 2.58 bits per heavy atom. The number of nitrogens with zero attached hydrogens (tertiary/aromatic N) is 6. The molecule has 136 valence electrons. The van der Waals surface area contributed by atoms with E-state index in [0.717, 1.165) is 11.5 Å². The van der Waals surface area contributed by atoms with Gasteiger partial charge < -0.3 is 4.90 Å². The van der Waals surface area contributed by atoms with Gasteiger partial charge in [-0.05, 0) is 25.1 Å². The van der Waals surface area contributed by atoms with E-state index in [1.807, 2.05) is 13.0 Å². The first-order valence-corrected chi connectivity index (χ1v) is 9.96. The van der Waals surface area contributed by atoms with E-state index < -0.39 is 10.0 Å². The van der Waals surface area contributed by atoms with Gasteiger partial charge in [0.15, 0.2) is 11.5 Å². The minimum absolute atomic E-state index is 0.223. The highest BCUT2D eigenvalue weighted by Crippen LogP contribution is 2.23. The molecule has 0 amide bonds. The van der Waals surface area contributed by atoms with Crippen molar-refractivity contribution in [2.45, 2.75) is 11.8 Å². The highest BCUT2D eigenvalue weighted by molar-refractivity contribution is 7.89. The summed E-state index contributed by atoms with van der Waals surface area (Å²) >= 11 is 5.93. The number of anilines is 1. The number of benzene rings is 1. The largest absolute Gasteiger partial charge is 0.367 e. The second kappa shape index (κ2) is 6.49. The lowest BCUT2D eigenvalue weighted by atomic mass is 10.3. The lowest BCUT2D eigenvalue weighted by molar-refractivity contribution is 0.384. The summed E-state index contributed by atoms with van der Waals surface area (Å²) in [6.45, 7) is 3.78. The number of halogens is 1. The zero-order valence-corrected chi connectivity index (χ0v) is 15.7. The summed E-state index contributed by atoms with van der Waals surface area (Å²) in [5.41, 5.74) is 1.58. The summed E-state index contributed by atoms with van der Waals surface area (Å²) in [6.07, 6.45) is 1.75. The predicted octanol–water partition coefficient (Wildman–Crippen LogP) is 1.60. The van der Waals surface area contributed by atoms with E-state index in [-0.39, 0.29) is 4.90 Å². The Morgan fingerprint density at radius 1 is 1.08 bits per heavy atom. The minimum atomic E-state index is -3.54. The van der Waals surface area contributed by atoms with Gasteiger partial charge in [0.25, 0.3) is 0 Å². The molecule has 1 fully saturated rings. The van der Waals surface area contributed by atoms with E-state index in [4.69, 9.17) is 11.6 Å². The van der Waals surface area contributed by atoms with E-state index in [2.05, 4.69) is 20.2 Å². The average molecular weight is 393 g/mol. The SMILES string of the molecule is Cc1nnc2cc(N3CCN(S(=O)(=O)c4cccc(Cl)c4)CC3)cnn12. The smallest absolute Gasteiger partial charge is 0.243 e. The Morgan fingerprint density at radius 2 is 1.85 bits per heavy atom. The summed E-state index contributed by atoms with van der Waals surface area (Å²) in [5, 5.41) is 12.8. The molecule has 0 aliphatic carbocycles. The third-order valence-corrected chi connectivity index (χ3v) is 6.57. The maximum atomic E-state index is 12.8. The van der Waals surface area contributed by atoms with Crippen LogP contribution in [0.2, 0.25) is 5.02 Å². The first-order valence-electron chi connectivity index (χ1n) is 8.14. The van der Waals surface area contributed by atoms with Crippen LogP contribution in [0, 0.1) is 6.92 Å². The second-order valence-electron chi connectivity index (χ2n) is 6.08. The van der Waals surface area contributed by atoms with Crippen LogP contribution in [0.5, 0.6) is 0 Å². The molecule has 0 radical (unpaired) electrons. The van der Waals surface area contributed by atoms with Gasteiger partial charge in [0.1, 0.15) is 0 Å². The van der Waals surface area contributed by atoms with E-state index in [0.29, 0.717) is 36.8 Å². The molecule has 0 N–H and O–H groups in total. The van der Waals surface area contributed by atoms with Crippen molar-refractivity contribution in [3.63, 3.8) is 0 Å². The molecule has 1 saturated heterocycles. The van der Waals surface area contributed by atoms with Crippen molar-refractivity contribution in [3.8, 4) is 0 Å². The fourth-order valence-electron chi connectivity index (χ4n) is 3.03. The highest BCUT2D eigenvalue weighted by Gasteiger charge is 2.29. The van der Waals surface area contributed by atoms with Gasteiger partial charge in [-0.2, -0.15) is 13.9 Å². The predicted molar refractivity (Wildman–Crippen MR) is 97.9 cm³/mol. The third kappa shape index (κ3) is 3.02. The van der Waals surface area contributed by atoms with Gasteiger partial charge in [-0.3, -0.25) is 0 Å². The number of aromatic nitrogens is 4. The molecule has 3 aromatic rings. The molecule has 0 unspecified atom stereocenters. The molecule has 1 aliphatic heterocycles. The normalized spacial score (nSPS) is 16.3. The quantitative estimate of drug-likeness (QED) is 0.673. The van der Waals surface area contributed by atoms with Gasteiger partial charge in [0.2, 0.25) is 10.0 Å². The highest BCUT2D eigenvalue weighted by atomic mass is 35.5. The van der Waals surface area contributed by atoms with Gasteiger partial charge in [-0.1, -0.05) is 17.7 Å². The van der Waals surface area contributed by atoms with Gasteiger partial charge >= 0.3 is 0 Å². The van der Waals surface area contributed by atoms with Crippen molar-refractivity contribution in [3.05, 3.63) is 47.4 Å². The van der Waals surface area contributed by atoms with Crippen LogP contribution in [0.4, 0.5) is 5.69 Å². The zero-order chi connectivity index (χ0) is 18.3. The lowest BCUT2D eigenvalue weighted by Gasteiger charge is -2.35. The van der Waals surface area contributed by atoms with Crippen molar-refractivity contribution >= 4 is 33.0 Å². The first kappa shape index (κ1) is 17.2. The zero-order valence-electron chi connectivity index (χ0n) is 14.1. The van der Waals surface area contributed by atoms with Crippen LogP contribution in [-0.4, -0.2) is 58.7 Å². The Labute approximate surface area is 156 Å². The van der Waals surface area contributed by atoms with E-state index in [1.54, 1.807) is 28.9 Å². The number of fused-ring (bicyclic) bond motifs is 1. The van der Waals surface area contributed by atoms with Crippen molar-refractivity contribution in [2.75, 3.05) is 31.1 Å². The van der Waals surface area contributed by atoms with Gasteiger partial charge in [0.05, 0.1) is 16.8 Å². The van der Waals surface area contributed by atoms with Crippen molar-refractivity contribution in [1.82, 2.24) is 24.1 Å². The Bertz CT molecular complexity index is 1060. The molecule has 0 atom stereocenters. The molecule has 0 bridgehead atoms. The van der Waals surface area contributed by atoms with Crippen molar-refractivity contribution < 1.29 is 8.42 Å². The number of hydrogen-bond donors (Lipinski definition) is 0. The maximum Gasteiger partial charge on any atom is 0.243 e. The van der Waals surface area contributed by atoms with E-state index in [1.165, 1.54) is 10.4 Å². The molecule has 10 heteroatoms. The van der Waals surface area contributed by atoms with Gasteiger partial charge in [-0.25, -0.2) is 8.42 Å². The average Bonchev–Trinajstić information content (AvgIpc) is 3.02. The molecule has 1 aromatic carbocycles. The van der Waals surface area contributed by atoms with Crippen molar-refractivity contribution in [1.29, 1.82) is 0 Å². The molecule has 26 heavy (non-hydrogen) atoms. The first-order chi connectivity index (χ1) is 12.4. The summed E-state index contributed by atoms with van der Waals surface area (Å²) in [7, 11) is -3.54. The number of hydrogen-bond acceptors (Lipinski definition) is 6. The molecule has 0 spiro atoms. The summed E-state index contributed by atoms with van der Waals surface area (Å²) in [6, 6.07) is 8.27. The number of rotatable bonds is 3. The Kier molecular flexibility index (Phi) is 4.29. The van der Waals surface area contributed by atoms with Crippen LogP contribution in [-0.2, 0) is 10.0 Å². The molecular formula is C16H17ClN6O2S. The monoisotopic (exact) mass is 392 g/mol. The molecule has 0 saturated carbocycles. The standard InChI is InChI=1S/C16H17ClN6O2S/c1-12-19-20-16-10-14(11-18-23(12)16)21-5-7-22(8-6-21)26(24,25)15-4-2-3-13(17)9-15/h2-4,9-11H,5-8H2,1H3. The van der Waals surface area contributed by atoms with Gasteiger partial charge in [-0.15, -0.1) is 10.2 Å². The Hall–Kier alpha value is -2.23. The Balaban J connectivity index is 1.51. The summed E-state index contributed by atoms with van der Waals surface area (Å²) in [4.78, 5) is 2.32. The van der Waals surface area contributed by atoms with Crippen molar-refractivity contribution in [2.24, 2.45) is 0 Å². The minimum Gasteiger partial charge on any atom is -0.367 e. The summed E-state index contributed by atoms with van der Waals surface area (Å²) in [5.74, 6) is 0.726. The second-order valence-corrected chi connectivity index (χ2v) is 8.45. The lowest BCUT2D eigenvalue weighted by Crippen LogP contribution is -2.48. The van der Waals surface area contributed by atoms with Crippen LogP contribution in [0.25, 0.3) is 5.65 Å². The molecule has 2 aromatic heterocycles. The third-order valence-electron chi connectivity index (χ3n) is 4.44. The number of aryl methyl sites for hydroxylation is 1. The molecule has 1 aliphatic rings. The summed E-state index contributed by atoms with van der Waals surface area (Å²) < 4.78 is 28.7. The molecular weight excluding hydrogens is 376 g/mol. The molecule has 4 rings (SSSR count). The van der Waals surface area contributed by atoms with E-state index >= 15 is 0 Å². The fraction of sp³-hybridized carbons (Fsp3) is 0.312. The van der Waals surface area contributed by atoms with Crippen LogP contribution < -0.4 is 4.90 Å². The van der Waals surface area contributed by atoms with Crippen LogP contribution in [0.1, 0.15) is 5.82 Å². The maximum absolute atomic E-state index is 12.8. The van der Waals surface area contributed by atoms with Crippen LogP contribution >= 0.6 is 11.6 Å². The topological polar surface area (TPSA) is 83.7 Å². The molecule has 3 heterocycles.